The molecular weight excluding hydrogens is 204 g/mol. The SMILES string of the molecule is CC(C)N1CCN(C(C)(C)C)C(C(=O)O)C1. The van der Waals surface area contributed by atoms with Crippen LogP contribution < -0.4 is 0 Å². The van der Waals surface area contributed by atoms with Crippen LogP contribution in [0, 0.1) is 0 Å². The summed E-state index contributed by atoms with van der Waals surface area (Å²) in [5.41, 5.74) is -0.0773. The van der Waals surface area contributed by atoms with Gasteiger partial charge in [-0.05, 0) is 34.6 Å². The molecule has 0 amide bonds. The average molecular weight is 228 g/mol. The molecule has 1 N–H and O–H groups in total. The fourth-order valence-electron chi connectivity index (χ4n) is 2.29. The number of nitrogens with zero attached hydrogens (tertiary/aromatic N) is 2. The van der Waals surface area contributed by atoms with E-state index < -0.39 is 5.97 Å². The summed E-state index contributed by atoms with van der Waals surface area (Å²) in [5.74, 6) is -0.708. The van der Waals surface area contributed by atoms with Gasteiger partial charge in [-0.1, -0.05) is 0 Å². The molecule has 0 aromatic rings. The van der Waals surface area contributed by atoms with Gasteiger partial charge in [0, 0.05) is 31.2 Å². The summed E-state index contributed by atoms with van der Waals surface area (Å²) >= 11 is 0. The van der Waals surface area contributed by atoms with Gasteiger partial charge in [0.2, 0.25) is 0 Å². The van der Waals surface area contributed by atoms with Crippen LogP contribution >= 0.6 is 0 Å². The second-order valence-electron chi connectivity index (χ2n) is 5.81. The third kappa shape index (κ3) is 2.95. The first kappa shape index (κ1) is 13.5. The van der Waals surface area contributed by atoms with Crippen LogP contribution in [-0.4, -0.2) is 58.1 Å². The molecule has 1 saturated heterocycles. The minimum Gasteiger partial charge on any atom is -0.480 e. The van der Waals surface area contributed by atoms with E-state index in [1.165, 1.54) is 0 Å². The first-order valence-corrected chi connectivity index (χ1v) is 5.97. The van der Waals surface area contributed by atoms with Gasteiger partial charge in [-0.15, -0.1) is 0 Å². The summed E-state index contributed by atoms with van der Waals surface area (Å²) in [6, 6.07) is 0.0418. The Morgan fingerprint density at radius 2 is 1.88 bits per heavy atom. The largest absolute Gasteiger partial charge is 0.480 e. The van der Waals surface area contributed by atoms with Gasteiger partial charge < -0.3 is 5.11 Å². The summed E-state index contributed by atoms with van der Waals surface area (Å²) < 4.78 is 0. The van der Waals surface area contributed by atoms with Gasteiger partial charge in [-0.2, -0.15) is 0 Å². The molecule has 1 unspecified atom stereocenters. The van der Waals surface area contributed by atoms with E-state index in [4.69, 9.17) is 0 Å². The maximum Gasteiger partial charge on any atom is 0.322 e. The Morgan fingerprint density at radius 1 is 1.31 bits per heavy atom. The summed E-state index contributed by atoms with van der Waals surface area (Å²) in [4.78, 5) is 15.6. The number of carboxylic acid groups (broad SMARTS) is 1. The predicted molar refractivity (Wildman–Crippen MR) is 64.6 cm³/mol. The monoisotopic (exact) mass is 228 g/mol. The van der Waals surface area contributed by atoms with Crippen molar-refractivity contribution in [2.45, 2.75) is 52.2 Å². The van der Waals surface area contributed by atoms with Crippen LogP contribution in [0.5, 0.6) is 0 Å². The number of hydrogen-bond donors (Lipinski definition) is 1. The van der Waals surface area contributed by atoms with Crippen LogP contribution in [0.4, 0.5) is 0 Å². The topological polar surface area (TPSA) is 43.8 Å². The molecule has 0 aromatic heterocycles. The lowest BCUT2D eigenvalue weighted by atomic mass is 9.99. The molecule has 1 aliphatic rings. The zero-order chi connectivity index (χ0) is 12.5. The van der Waals surface area contributed by atoms with Crippen LogP contribution in [0.3, 0.4) is 0 Å². The highest BCUT2D eigenvalue weighted by atomic mass is 16.4. The molecule has 0 spiro atoms. The summed E-state index contributed by atoms with van der Waals surface area (Å²) in [6.45, 7) is 12.9. The third-order valence-electron chi connectivity index (χ3n) is 3.29. The van der Waals surface area contributed by atoms with E-state index >= 15 is 0 Å². The number of hydrogen-bond acceptors (Lipinski definition) is 3. The quantitative estimate of drug-likeness (QED) is 0.773. The Labute approximate surface area is 98.2 Å². The Bertz CT molecular complexity index is 258. The van der Waals surface area contributed by atoms with Crippen molar-refractivity contribution in [3.05, 3.63) is 0 Å². The maximum absolute atomic E-state index is 11.3. The fourth-order valence-corrected chi connectivity index (χ4v) is 2.29. The molecule has 16 heavy (non-hydrogen) atoms. The second-order valence-corrected chi connectivity index (χ2v) is 5.81. The van der Waals surface area contributed by atoms with Gasteiger partial charge in [0.05, 0.1) is 0 Å². The lowest BCUT2D eigenvalue weighted by molar-refractivity contribution is -0.149. The van der Waals surface area contributed by atoms with Crippen molar-refractivity contribution in [2.24, 2.45) is 0 Å². The van der Waals surface area contributed by atoms with Gasteiger partial charge >= 0.3 is 5.97 Å². The standard InChI is InChI=1S/C12H24N2O2/c1-9(2)13-6-7-14(12(3,4)5)10(8-13)11(15)16/h9-10H,6-8H2,1-5H3,(H,15,16). The Morgan fingerprint density at radius 3 is 2.25 bits per heavy atom. The van der Waals surface area contributed by atoms with Crippen LogP contribution in [0.1, 0.15) is 34.6 Å². The van der Waals surface area contributed by atoms with Crippen molar-refractivity contribution in [1.29, 1.82) is 0 Å². The lowest BCUT2D eigenvalue weighted by Gasteiger charge is -2.47. The molecule has 0 radical (unpaired) electrons. The predicted octanol–water partition coefficient (Wildman–Crippen LogP) is 1.26. The fraction of sp³-hybridized carbons (Fsp3) is 0.917. The number of carboxylic acids is 1. The number of aliphatic carboxylic acids is 1. The van der Waals surface area contributed by atoms with E-state index in [1.807, 2.05) is 0 Å². The van der Waals surface area contributed by atoms with Crippen LogP contribution in [0.15, 0.2) is 0 Å². The molecule has 4 heteroatoms. The average Bonchev–Trinajstić information content (AvgIpc) is 2.15. The number of rotatable bonds is 2. The normalized spacial score (nSPS) is 25.0. The van der Waals surface area contributed by atoms with Gasteiger partial charge in [-0.25, -0.2) is 0 Å². The van der Waals surface area contributed by atoms with E-state index in [2.05, 4.69) is 44.4 Å². The highest BCUT2D eigenvalue weighted by molar-refractivity contribution is 5.74. The molecule has 1 aliphatic heterocycles. The Kier molecular flexibility index (Phi) is 3.97. The number of carbonyl (C=O) groups is 1. The van der Waals surface area contributed by atoms with E-state index in [0.717, 1.165) is 13.1 Å². The second kappa shape index (κ2) is 4.72. The van der Waals surface area contributed by atoms with E-state index in [-0.39, 0.29) is 11.6 Å². The zero-order valence-electron chi connectivity index (χ0n) is 11.0. The highest BCUT2D eigenvalue weighted by Gasteiger charge is 2.38. The molecule has 4 nitrogen and oxygen atoms in total. The first-order valence-electron chi connectivity index (χ1n) is 5.97. The van der Waals surface area contributed by atoms with E-state index in [9.17, 15) is 9.90 Å². The van der Waals surface area contributed by atoms with Crippen LogP contribution in [0.25, 0.3) is 0 Å². The summed E-state index contributed by atoms with van der Waals surface area (Å²) in [7, 11) is 0. The van der Waals surface area contributed by atoms with Crippen molar-refractivity contribution in [3.63, 3.8) is 0 Å². The Balaban J connectivity index is 2.80. The smallest absolute Gasteiger partial charge is 0.322 e. The third-order valence-corrected chi connectivity index (χ3v) is 3.29. The molecular formula is C12H24N2O2. The van der Waals surface area contributed by atoms with Crippen molar-refractivity contribution >= 4 is 5.97 Å². The number of piperazine rings is 1. The molecule has 0 bridgehead atoms. The lowest BCUT2D eigenvalue weighted by Crippen LogP contribution is -2.62. The van der Waals surface area contributed by atoms with Gasteiger partial charge in [0.25, 0.3) is 0 Å². The van der Waals surface area contributed by atoms with Crippen molar-refractivity contribution in [3.8, 4) is 0 Å². The zero-order valence-corrected chi connectivity index (χ0v) is 11.0. The minimum absolute atomic E-state index is 0.0773. The molecule has 1 fully saturated rings. The van der Waals surface area contributed by atoms with E-state index in [0.29, 0.717) is 12.6 Å². The molecule has 0 aromatic carbocycles. The van der Waals surface area contributed by atoms with E-state index in [1.54, 1.807) is 0 Å². The van der Waals surface area contributed by atoms with Crippen LogP contribution in [0.2, 0.25) is 0 Å². The van der Waals surface area contributed by atoms with Crippen molar-refractivity contribution in [1.82, 2.24) is 9.80 Å². The Hall–Kier alpha value is -0.610. The molecule has 94 valence electrons. The highest BCUT2D eigenvalue weighted by Crippen LogP contribution is 2.22. The van der Waals surface area contributed by atoms with Gasteiger partial charge in [-0.3, -0.25) is 14.6 Å². The molecule has 0 aliphatic carbocycles. The van der Waals surface area contributed by atoms with Crippen LogP contribution in [-0.2, 0) is 4.79 Å². The van der Waals surface area contributed by atoms with Gasteiger partial charge in [0.15, 0.2) is 0 Å². The molecule has 0 saturated carbocycles. The van der Waals surface area contributed by atoms with Crippen molar-refractivity contribution < 1.29 is 9.90 Å². The van der Waals surface area contributed by atoms with Gasteiger partial charge in [0.1, 0.15) is 6.04 Å². The first-order chi connectivity index (χ1) is 7.23. The summed E-state index contributed by atoms with van der Waals surface area (Å²) in [5, 5.41) is 9.30. The molecule has 1 rings (SSSR count). The molecule has 1 atom stereocenters. The summed E-state index contributed by atoms with van der Waals surface area (Å²) in [6.07, 6.45) is 0. The maximum atomic E-state index is 11.3. The molecule has 1 heterocycles. The minimum atomic E-state index is -0.708. The van der Waals surface area contributed by atoms with Crippen molar-refractivity contribution in [2.75, 3.05) is 19.6 Å².